The fourth-order valence-electron chi connectivity index (χ4n) is 1.55. The minimum absolute atomic E-state index is 0.0321. The van der Waals surface area contributed by atoms with Crippen molar-refractivity contribution >= 4 is 19.1 Å². The van der Waals surface area contributed by atoms with Gasteiger partial charge < -0.3 is 4.43 Å². The second kappa shape index (κ2) is 6.33. The predicted octanol–water partition coefficient (Wildman–Crippen LogP) is 4.13. The summed E-state index contributed by atoms with van der Waals surface area (Å²) in [4.78, 5) is 0. The van der Waals surface area contributed by atoms with Gasteiger partial charge in [0.2, 0.25) is 0 Å². The molecule has 0 aliphatic rings. The first-order chi connectivity index (χ1) is 8.65. The lowest BCUT2D eigenvalue weighted by atomic mass is 10.2. The van der Waals surface area contributed by atoms with E-state index in [-0.39, 0.29) is 10.3 Å². The molecule has 2 nitrogen and oxygen atoms in total. The zero-order chi connectivity index (χ0) is 14.7. The summed E-state index contributed by atoms with van der Waals surface area (Å²) >= 11 is 0. The topological polar surface area (TPSA) is 26.3 Å². The summed E-state index contributed by atoms with van der Waals surface area (Å²) in [6.45, 7) is 11.7. The van der Waals surface area contributed by atoms with Crippen molar-refractivity contribution in [3.63, 3.8) is 0 Å². The summed E-state index contributed by atoms with van der Waals surface area (Å²) in [5.74, 6) is 0. The van der Waals surface area contributed by atoms with Crippen molar-refractivity contribution in [2.75, 3.05) is 12.9 Å². The van der Waals surface area contributed by atoms with Gasteiger partial charge >= 0.3 is 0 Å². The Morgan fingerprint density at radius 3 is 2.16 bits per heavy atom. The van der Waals surface area contributed by atoms with Crippen molar-refractivity contribution in [3.05, 3.63) is 35.9 Å². The molecule has 1 aromatic carbocycles. The second-order valence-corrected chi connectivity index (χ2v) is 12.8. The van der Waals surface area contributed by atoms with Crippen molar-refractivity contribution in [1.29, 1.82) is 0 Å². The van der Waals surface area contributed by atoms with Gasteiger partial charge in [-0.25, -0.2) is 0 Å². The minimum atomic E-state index is -1.78. The van der Waals surface area contributed by atoms with Crippen molar-refractivity contribution in [1.82, 2.24) is 0 Å². The van der Waals surface area contributed by atoms with E-state index in [4.69, 9.17) is 4.43 Å². The fourth-order valence-corrected chi connectivity index (χ4v) is 3.49. The van der Waals surface area contributed by atoms with E-state index >= 15 is 0 Å². The van der Waals surface area contributed by atoms with Gasteiger partial charge in [-0.1, -0.05) is 51.1 Å². The molecule has 1 aromatic rings. The van der Waals surface area contributed by atoms with Gasteiger partial charge in [0, 0.05) is 17.1 Å². The van der Waals surface area contributed by atoms with E-state index < -0.39 is 19.1 Å². The highest BCUT2D eigenvalue weighted by Crippen LogP contribution is 2.37. The number of hydrogen-bond acceptors (Lipinski definition) is 2. The summed E-state index contributed by atoms with van der Waals surface area (Å²) in [5.41, 5.74) is 1.10. The molecule has 0 radical (unpaired) electrons. The smallest absolute Gasteiger partial charge is 0.192 e. The Kier molecular flexibility index (Phi) is 5.53. The van der Waals surface area contributed by atoms with Gasteiger partial charge in [0.15, 0.2) is 8.32 Å². The Balaban J connectivity index is 2.80. The number of benzene rings is 1. The third-order valence-corrected chi connectivity index (χ3v) is 9.68. The molecule has 0 fully saturated rings. The Labute approximate surface area is 121 Å². The summed E-state index contributed by atoms with van der Waals surface area (Å²) < 4.78 is 18.2. The van der Waals surface area contributed by atoms with Crippen LogP contribution in [0.2, 0.25) is 18.1 Å². The monoisotopic (exact) mass is 298 g/mol. The predicted molar refractivity (Wildman–Crippen MR) is 86.4 cm³/mol. The van der Waals surface area contributed by atoms with Crippen molar-refractivity contribution in [2.45, 2.75) is 44.2 Å². The summed E-state index contributed by atoms with van der Waals surface area (Å²) in [6.07, 6.45) is 1.76. The van der Waals surface area contributed by atoms with E-state index in [0.717, 1.165) is 5.56 Å². The standard InChI is InChI=1S/C15H26O2SSi/c1-15(2,3)19(5,6)17-12-14(18(4)16)13-10-8-7-9-11-13/h7-11,14H,12H2,1-6H3/t14-,18?/m1/s1. The van der Waals surface area contributed by atoms with Gasteiger partial charge in [0.25, 0.3) is 0 Å². The normalized spacial score (nSPS) is 16.1. The molecule has 108 valence electrons. The summed E-state index contributed by atoms with van der Waals surface area (Å²) in [7, 11) is -2.70. The van der Waals surface area contributed by atoms with Crippen molar-refractivity contribution in [2.24, 2.45) is 0 Å². The Morgan fingerprint density at radius 1 is 1.21 bits per heavy atom. The number of hydrogen-bond donors (Lipinski definition) is 0. The van der Waals surface area contributed by atoms with Gasteiger partial charge in [-0.3, -0.25) is 4.21 Å². The van der Waals surface area contributed by atoms with Crippen molar-refractivity contribution in [3.8, 4) is 0 Å². The lowest BCUT2D eigenvalue weighted by Crippen LogP contribution is -2.42. The van der Waals surface area contributed by atoms with Crippen LogP contribution in [0.3, 0.4) is 0 Å². The van der Waals surface area contributed by atoms with Crippen LogP contribution >= 0.6 is 0 Å². The van der Waals surface area contributed by atoms with Crippen LogP contribution in [0, 0.1) is 0 Å². The molecule has 4 heteroatoms. The van der Waals surface area contributed by atoms with Crippen LogP contribution < -0.4 is 0 Å². The second-order valence-electron chi connectivity index (χ2n) is 6.47. The maximum absolute atomic E-state index is 12.0. The average molecular weight is 299 g/mol. The van der Waals surface area contributed by atoms with E-state index in [1.165, 1.54) is 0 Å². The van der Waals surface area contributed by atoms with Crippen LogP contribution in [0.5, 0.6) is 0 Å². The molecule has 0 N–H and O–H groups in total. The van der Waals surface area contributed by atoms with Crippen LogP contribution in [0.15, 0.2) is 30.3 Å². The SMILES string of the molecule is CS(=O)[C@H](CO[Si](C)(C)C(C)(C)C)c1ccccc1. The lowest BCUT2D eigenvalue weighted by Gasteiger charge is -2.37. The van der Waals surface area contributed by atoms with E-state index in [1.54, 1.807) is 6.26 Å². The molecule has 1 rings (SSSR count). The third kappa shape index (κ3) is 4.55. The molecule has 0 spiro atoms. The molecule has 0 aliphatic carbocycles. The molecule has 0 amide bonds. The lowest BCUT2D eigenvalue weighted by molar-refractivity contribution is 0.287. The first kappa shape index (κ1) is 16.6. The highest BCUT2D eigenvalue weighted by atomic mass is 32.2. The molecule has 2 atom stereocenters. The Morgan fingerprint density at radius 2 is 1.74 bits per heavy atom. The largest absolute Gasteiger partial charge is 0.415 e. The summed E-state index contributed by atoms with van der Waals surface area (Å²) in [6, 6.07) is 10.0. The molecule has 0 heterocycles. The van der Waals surface area contributed by atoms with Gasteiger partial charge in [-0.15, -0.1) is 0 Å². The molecule has 0 aliphatic heterocycles. The first-order valence-electron chi connectivity index (χ1n) is 6.66. The van der Waals surface area contributed by atoms with Crippen molar-refractivity contribution < 1.29 is 8.63 Å². The van der Waals surface area contributed by atoms with Crippen LogP contribution in [-0.4, -0.2) is 25.4 Å². The molecule has 1 unspecified atom stereocenters. The Bertz CT molecular complexity index is 424. The van der Waals surface area contributed by atoms with Crippen LogP contribution in [0.4, 0.5) is 0 Å². The maximum Gasteiger partial charge on any atom is 0.192 e. The van der Waals surface area contributed by atoms with Gasteiger partial charge in [-0.05, 0) is 23.7 Å². The molecule has 0 aromatic heterocycles. The summed E-state index contributed by atoms with van der Waals surface area (Å²) in [5, 5.41) is 0.152. The molecular weight excluding hydrogens is 272 g/mol. The fraction of sp³-hybridized carbons (Fsp3) is 0.600. The van der Waals surface area contributed by atoms with Gasteiger partial charge in [-0.2, -0.15) is 0 Å². The first-order valence-corrected chi connectivity index (χ1v) is 11.2. The van der Waals surface area contributed by atoms with E-state index in [2.05, 4.69) is 33.9 Å². The van der Waals surface area contributed by atoms with Gasteiger partial charge in [0.1, 0.15) is 0 Å². The number of rotatable bonds is 5. The van der Waals surface area contributed by atoms with E-state index in [0.29, 0.717) is 6.61 Å². The quantitative estimate of drug-likeness (QED) is 0.764. The maximum atomic E-state index is 12.0. The highest BCUT2D eigenvalue weighted by molar-refractivity contribution is 7.84. The molecule has 0 bridgehead atoms. The van der Waals surface area contributed by atoms with Gasteiger partial charge in [0.05, 0.1) is 11.9 Å². The molecule has 0 saturated heterocycles. The van der Waals surface area contributed by atoms with E-state index in [1.807, 2.05) is 30.3 Å². The van der Waals surface area contributed by atoms with Crippen LogP contribution in [0.25, 0.3) is 0 Å². The Hall–Kier alpha value is -0.453. The highest BCUT2D eigenvalue weighted by Gasteiger charge is 2.37. The molecular formula is C15H26O2SSi. The molecule has 19 heavy (non-hydrogen) atoms. The van der Waals surface area contributed by atoms with Crippen LogP contribution in [0.1, 0.15) is 31.6 Å². The third-order valence-electron chi connectivity index (χ3n) is 3.97. The average Bonchev–Trinajstić information content (AvgIpc) is 2.28. The van der Waals surface area contributed by atoms with Crippen LogP contribution in [-0.2, 0) is 15.2 Å². The minimum Gasteiger partial charge on any atom is -0.415 e. The zero-order valence-electron chi connectivity index (χ0n) is 12.9. The van der Waals surface area contributed by atoms with E-state index in [9.17, 15) is 4.21 Å². The zero-order valence-corrected chi connectivity index (χ0v) is 14.7. The molecule has 0 saturated carbocycles.